The van der Waals surface area contributed by atoms with E-state index in [0.717, 1.165) is 43.3 Å². The molecule has 3 rings (SSSR count). The van der Waals surface area contributed by atoms with Crippen molar-refractivity contribution in [2.75, 3.05) is 26.8 Å². The third kappa shape index (κ3) is 4.50. The van der Waals surface area contributed by atoms with Crippen molar-refractivity contribution in [3.05, 3.63) is 60.0 Å². The van der Waals surface area contributed by atoms with E-state index in [1.54, 1.807) is 13.2 Å². The van der Waals surface area contributed by atoms with Gasteiger partial charge in [0.2, 0.25) is 0 Å². The van der Waals surface area contributed by atoms with Crippen molar-refractivity contribution in [1.29, 1.82) is 0 Å². The average Bonchev–Trinajstić information content (AvgIpc) is 3.20. The van der Waals surface area contributed by atoms with E-state index in [9.17, 15) is 0 Å². The fraction of sp³-hybridized carbons (Fsp3) is 0.450. The SMILES string of the molecule is C=CCOc1ccccc1CN1C[C@@H](Cc2cc(C)no2)[C@@H](OC)C1. The molecule has 1 aromatic carbocycles. The number of methoxy groups -OCH3 is 1. The molecule has 2 heterocycles. The lowest BCUT2D eigenvalue weighted by molar-refractivity contribution is 0.0761. The van der Waals surface area contributed by atoms with Gasteiger partial charge in [-0.1, -0.05) is 36.0 Å². The highest BCUT2D eigenvalue weighted by Gasteiger charge is 2.34. The number of hydrogen-bond acceptors (Lipinski definition) is 5. The molecule has 0 radical (unpaired) electrons. The van der Waals surface area contributed by atoms with Gasteiger partial charge in [-0.05, 0) is 13.0 Å². The Morgan fingerprint density at radius 2 is 2.20 bits per heavy atom. The van der Waals surface area contributed by atoms with Gasteiger partial charge in [0.05, 0.1) is 11.8 Å². The Morgan fingerprint density at radius 1 is 1.36 bits per heavy atom. The van der Waals surface area contributed by atoms with Gasteiger partial charge in [0.1, 0.15) is 18.1 Å². The van der Waals surface area contributed by atoms with Crippen LogP contribution in [0.25, 0.3) is 0 Å². The van der Waals surface area contributed by atoms with Crippen LogP contribution >= 0.6 is 0 Å². The van der Waals surface area contributed by atoms with E-state index < -0.39 is 0 Å². The average molecular weight is 342 g/mol. The molecule has 2 atom stereocenters. The van der Waals surface area contributed by atoms with Gasteiger partial charge in [0.15, 0.2) is 0 Å². The van der Waals surface area contributed by atoms with Crippen molar-refractivity contribution >= 4 is 0 Å². The van der Waals surface area contributed by atoms with Crippen molar-refractivity contribution in [2.45, 2.75) is 26.0 Å². The minimum absolute atomic E-state index is 0.201. The molecule has 134 valence electrons. The molecular weight excluding hydrogens is 316 g/mol. The summed E-state index contributed by atoms with van der Waals surface area (Å²) in [6.45, 7) is 8.90. The summed E-state index contributed by atoms with van der Waals surface area (Å²) >= 11 is 0. The zero-order valence-corrected chi connectivity index (χ0v) is 15.0. The Kier molecular flexibility index (Phi) is 5.89. The van der Waals surface area contributed by atoms with Crippen molar-refractivity contribution < 1.29 is 14.0 Å². The Hall–Kier alpha value is -2.11. The number of ether oxygens (including phenoxy) is 2. The predicted molar refractivity (Wildman–Crippen MR) is 96.6 cm³/mol. The van der Waals surface area contributed by atoms with Gasteiger partial charge in [-0.3, -0.25) is 4.90 Å². The number of rotatable bonds is 8. The highest BCUT2D eigenvalue weighted by molar-refractivity contribution is 5.33. The lowest BCUT2D eigenvalue weighted by atomic mass is 10.0. The van der Waals surface area contributed by atoms with Gasteiger partial charge >= 0.3 is 0 Å². The van der Waals surface area contributed by atoms with E-state index in [4.69, 9.17) is 14.0 Å². The summed E-state index contributed by atoms with van der Waals surface area (Å²) in [5.41, 5.74) is 2.11. The van der Waals surface area contributed by atoms with Crippen LogP contribution in [0.3, 0.4) is 0 Å². The quantitative estimate of drug-likeness (QED) is 0.689. The molecule has 1 fully saturated rings. The van der Waals surface area contributed by atoms with E-state index in [0.29, 0.717) is 12.5 Å². The summed E-state index contributed by atoms with van der Waals surface area (Å²) in [5, 5.41) is 3.98. The number of nitrogens with zero attached hydrogens (tertiary/aromatic N) is 2. The Morgan fingerprint density at radius 3 is 2.92 bits per heavy atom. The molecule has 1 aliphatic rings. The van der Waals surface area contributed by atoms with Gasteiger partial charge in [0.25, 0.3) is 0 Å². The highest BCUT2D eigenvalue weighted by Crippen LogP contribution is 2.27. The molecule has 0 saturated carbocycles. The minimum atomic E-state index is 0.201. The summed E-state index contributed by atoms with van der Waals surface area (Å²) in [7, 11) is 1.79. The molecule has 0 aliphatic carbocycles. The highest BCUT2D eigenvalue weighted by atomic mass is 16.5. The van der Waals surface area contributed by atoms with Crippen LogP contribution in [0.1, 0.15) is 17.0 Å². The van der Waals surface area contributed by atoms with E-state index in [1.807, 2.05) is 25.1 Å². The van der Waals surface area contributed by atoms with Crippen LogP contribution in [0.5, 0.6) is 5.75 Å². The van der Waals surface area contributed by atoms with Crippen molar-refractivity contribution in [1.82, 2.24) is 10.1 Å². The molecule has 0 N–H and O–H groups in total. The molecule has 25 heavy (non-hydrogen) atoms. The number of aryl methyl sites for hydroxylation is 1. The third-order valence-corrected chi connectivity index (χ3v) is 4.62. The second-order valence-corrected chi connectivity index (χ2v) is 6.57. The molecule has 1 aliphatic heterocycles. The van der Waals surface area contributed by atoms with Gasteiger partial charge in [-0.15, -0.1) is 0 Å². The molecule has 1 saturated heterocycles. The normalized spacial score (nSPS) is 20.7. The summed E-state index contributed by atoms with van der Waals surface area (Å²) < 4.78 is 16.9. The Bertz CT molecular complexity index is 698. The second-order valence-electron chi connectivity index (χ2n) is 6.57. The number of hydrogen-bond donors (Lipinski definition) is 0. The summed E-state index contributed by atoms with van der Waals surface area (Å²) in [6.07, 6.45) is 2.82. The third-order valence-electron chi connectivity index (χ3n) is 4.62. The molecule has 0 unspecified atom stereocenters. The molecule has 1 aromatic heterocycles. The monoisotopic (exact) mass is 342 g/mol. The number of benzene rings is 1. The van der Waals surface area contributed by atoms with E-state index in [1.165, 1.54) is 5.56 Å². The standard InChI is InChI=1S/C20H26N2O3/c1-4-9-24-19-8-6-5-7-16(19)12-22-13-17(20(14-22)23-3)11-18-10-15(2)21-25-18/h4-8,10,17,20H,1,9,11-14H2,2-3H3/t17-,20+/m1/s1. The molecule has 2 aromatic rings. The molecule has 0 bridgehead atoms. The Labute approximate surface area is 149 Å². The van der Waals surface area contributed by atoms with Crippen LogP contribution in [0, 0.1) is 12.8 Å². The van der Waals surface area contributed by atoms with Crippen LogP contribution in [-0.4, -0.2) is 43.0 Å². The Balaban J connectivity index is 1.65. The first-order valence-corrected chi connectivity index (χ1v) is 8.68. The summed E-state index contributed by atoms with van der Waals surface area (Å²) in [4.78, 5) is 2.41. The first kappa shape index (κ1) is 17.7. The van der Waals surface area contributed by atoms with Crippen LogP contribution in [-0.2, 0) is 17.7 Å². The zero-order valence-electron chi connectivity index (χ0n) is 15.0. The van der Waals surface area contributed by atoms with Crippen LogP contribution in [0.15, 0.2) is 47.5 Å². The minimum Gasteiger partial charge on any atom is -0.489 e. The van der Waals surface area contributed by atoms with Crippen molar-refractivity contribution in [3.63, 3.8) is 0 Å². The largest absolute Gasteiger partial charge is 0.489 e. The molecule has 5 heteroatoms. The lowest BCUT2D eigenvalue weighted by Gasteiger charge is -2.18. The molecule has 0 amide bonds. The fourth-order valence-corrected chi connectivity index (χ4v) is 3.46. The second kappa shape index (κ2) is 8.32. The molecule has 0 spiro atoms. The molecule has 5 nitrogen and oxygen atoms in total. The van der Waals surface area contributed by atoms with Gasteiger partial charge in [0, 0.05) is 50.7 Å². The first-order valence-electron chi connectivity index (χ1n) is 8.68. The number of likely N-dealkylation sites (tertiary alicyclic amines) is 1. The van der Waals surface area contributed by atoms with Crippen molar-refractivity contribution in [3.8, 4) is 5.75 Å². The first-order chi connectivity index (χ1) is 12.2. The van der Waals surface area contributed by atoms with Crippen LogP contribution in [0.4, 0.5) is 0 Å². The van der Waals surface area contributed by atoms with Gasteiger partial charge in [-0.25, -0.2) is 0 Å². The lowest BCUT2D eigenvalue weighted by Crippen LogP contribution is -2.23. The van der Waals surface area contributed by atoms with E-state index in [2.05, 4.69) is 28.8 Å². The topological polar surface area (TPSA) is 47.7 Å². The predicted octanol–water partition coefficient (Wildman–Crippen LogP) is 3.24. The maximum absolute atomic E-state index is 5.78. The maximum Gasteiger partial charge on any atom is 0.137 e. The van der Waals surface area contributed by atoms with Crippen LogP contribution < -0.4 is 4.74 Å². The van der Waals surface area contributed by atoms with Crippen LogP contribution in [0.2, 0.25) is 0 Å². The zero-order chi connectivity index (χ0) is 17.6. The summed E-state index contributed by atoms with van der Waals surface area (Å²) in [6, 6.07) is 10.2. The van der Waals surface area contributed by atoms with E-state index >= 15 is 0 Å². The van der Waals surface area contributed by atoms with Gasteiger partial charge < -0.3 is 14.0 Å². The summed E-state index contributed by atoms with van der Waals surface area (Å²) in [5.74, 6) is 2.25. The fourth-order valence-electron chi connectivity index (χ4n) is 3.46. The van der Waals surface area contributed by atoms with Crippen molar-refractivity contribution in [2.24, 2.45) is 5.92 Å². The maximum atomic E-state index is 5.78. The molecular formula is C20H26N2O3. The number of aromatic nitrogens is 1. The van der Waals surface area contributed by atoms with Gasteiger partial charge in [-0.2, -0.15) is 0 Å². The smallest absolute Gasteiger partial charge is 0.137 e. The van der Waals surface area contributed by atoms with E-state index in [-0.39, 0.29) is 6.10 Å². The number of para-hydroxylation sites is 1.